The van der Waals surface area contributed by atoms with E-state index in [2.05, 4.69) is 23.9 Å². The van der Waals surface area contributed by atoms with Crippen LogP contribution >= 0.6 is 0 Å². The van der Waals surface area contributed by atoms with Gasteiger partial charge < -0.3 is 11.1 Å². The number of nitrogens with two attached hydrogens (primary N) is 1. The van der Waals surface area contributed by atoms with Crippen LogP contribution in [0.15, 0.2) is 53.4 Å². The first-order valence-corrected chi connectivity index (χ1v) is 10.4. The minimum Gasteiger partial charge on any atom is -0.348 e. The molecule has 2 aromatic rings. The van der Waals surface area contributed by atoms with E-state index in [9.17, 15) is 13.2 Å². The van der Waals surface area contributed by atoms with Crippen LogP contribution in [-0.2, 0) is 10.0 Å². The van der Waals surface area contributed by atoms with Gasteiger partial charge in [-0.3, -0.25) is 9.52 Å². The van der Waals surface area contributed by atoms with E-state index in [0.717, 1.165) is 12.0 Å². The Bertz CT molecular complexity index is 895. The van der Waals surface area contributed by atoms with Gasteiger partial charge in [0.15, 0.2) is 0 Å². The largest absolute Gasteiger partial charge is 0.348 e. The second-order valence-electron chi connectivity index (χ2n) is 7.04. The normalized spacial score (nSPS) is 12.6. The summed E-state index contributed by atoms with van der Waals surface area (Å²) in [5.74, 6) is 0.0581. The summed E-state index contributed by atoms with van der Waals surface area (Å²) in [6, 6.07) is 12.9. The van der Waals surface area contributed by atoms with Crippen LogP contribution in [0.4, 0.5) is 5.69 Å². The summed E-state index contributed by atoms with van der Waals surface area (Å²) >= 11 is 0. The third-order valence-corrected chi connectivity index (χ3v) is 5.43. The highest BCUT2D eigenvalue weighted by Crippen LogP contribution is 2.18. The molecule has 0 aliphatic heterocycles. The molecule has 0 aromatic heterocycles. The van der Waals surface area contributed by atoms with Crippen molar-refractivity contribution in [2.75, 3.05) is 11.3 Å². The zero-order valence-electron chi connectivity index (χ0n) is 15.9. The number of carbonyl (C=O) groups excluding carboxylic acids is 1. The molecule has 0 radical (unpaired) electrons. The Balaban J connectivity index is 2.19. The molecule has 0 fully saturated rings. The summed E-state index contributed by atoms with van der Waals surface area (Å²) < 4.78 is 27.8. The predicted molar refractivity (Wildman–Crippen MR) is 108 cm³/mol. The van der Waals surface area contributed by atoms with Crippen molar-refractivity contribution in [1.29, 1.82) is 0 Å². The maximum absolute atomic E-state index is 12.6. The Labute approximate surface area is 161 Å². The first-order chi connectivity index (χ1) is 12.7. The molecule has 0 aliphatic rings. The van der Waals surface area contributed by atoms with Crippen molar-refractivity contribution >= 4 is 21.6 Å². The fourth-order valence-electron chi connectivity index (χ4n) is 2.78. The number of hydrogen-bond acceptors (Lipinski definition) is 4. The van der Waals surface area contributed by atoms with E-state index >= 15 is 0 Å². The van der Waals surface area contributed by atoms with E-state index in [4.69, 9.17) is 5.73 Å². The van der Waals surface area contributed by atoms with Gasteiger partial charge in [0.25, 0.3) is 15.9 Å². The molecule has 2 aromatic carbocycles. The molecule has 1 unspecified atom stereocenters. The van der Waals surface area contributed by atoms with Gasteiger partial charge in [-0.05, 0) is 55.2 Å². The molecule has 0 bridgehead atoms. The number of benzene rings is 2. The van der Waals surface area contributed by atoms with Crippen LogP contribution in [-0.4, -0.2) is 26.9 Å². The van der Waals surface area contributed by atoms with E-state index < -0.39 is 10.0 Å². The molecule has 0 saturated carbocycles. The summed E-state index contributed by atoms with van der Waals surface area (Å²) in [4.78, 5) is 12.5. The minimum atomic E-state index is -3.79. The maximum Gasteiger partial charge on any atom is 0.261 e. The summed E-state index contributed by atoms with van der Waals surface area (Å²) in [7, 11) is -3.79. The number of anilines is 1. The molecular formula is C20H27N3O3S. The molecule has 6 nitrogen and oxygen atoms in total. The van der Waals surface area contributed by atoms with Gasteiger partial charge in [-0.15, -0.1) is 0 Å². The fourth-order valence-corrected chi connectivity index (χ4v) is 3.87. The number of hydrogen-bond donors (Lipinski definition) is 3. The Morgan fingerprint density at radius 1 is 1.11 bits per heavy atom. The Morgan fingerprint density at radius 2 is 1.81 bits per heavy atom. The zero-order chi connectivity index (χ0) is 20.0. The van der Waals surface area contributed by atoms with Crippen LogP contribution in [0, 0.1) is 12.8 Å². The van der Waals surface area contributed by atoms with E-state index in [0.29, 0.717) is 18.2 Å². The first kappa shape index (κ1) is 20.9. The van der Waals surface area contributed by atoms with E-state index in [1.54, 1.807) is 30.3 Å². The van der Waals surface area contributed by atoms with Crippen molar-refractivity contribution in [1.82, 2.24) is 5.32 Å². The number of carbonyl (C=O) groups is 1. The van der Waals surface area contributed by atoms with Gasteiger partial charge >= 0.3 is 0 Å². The van der Waals surface area contributed by atoms with E-state index in [1.165, 1.54) is 12.1 Å². The van der Waals surface area contributed by atoms with Gasteiger partial charge in [0.1, 0.15) is 0 Å². The summed E-state index contributed by atoms with van der Waals surface area (Å²) in [6.07, 6.45) is 0.759. The minimum absolute atomic E-state index is 0.0322. The lowest BCUT2D eigenvalue weighted by Crippen LogP contribution is -2.41. The van der Waals surface area contributed by atoms with Gasteiger partial charge in [-0.2, -0.15) is 0 Å². The van der Waals surface area contributed by atoms with Crippen LogP contribution in [0.2, 0.25) is 0 Å². The highest BCUT2D eigenvalue weighted by Gasteiger charge is 2.18. The maximum atomic E-state index is 12.6. The Kier molecular flexibility index (Phi) is 6.98. The molecule has 2 rings (SSSR count). The standard InChI is InChI=1S/C20H27N3O3S/c1-14(2)10-18(13-21)22-20(24)16-7-5-9-19(12-16)27(25,26)23-17-8-4-6-15(3)11-17/h4-9,11-12,14,18,23H,10,13,21H2,1-3H3,(H,22,24). The summed E-state index contributed by atoms with van der Waals surface area (Å²) in [6.45, 7) is 6.32. The summed E-state index contributed by atoms with van der Waals surface area (Å²) in [5.41, 5.74) is 7.43. The van der Waals surface area contributed by atoms with Crippen LogP contribution in [0.25, 0.3) is 0 Å². The van der Waals surface area contributed by atoms with Crippen LogP contribution in [0.3, 0.4) is 0 Å². The molecule has 1 atom stereocenters. The van der Waals surface area contributed by atoms with E-state index in [-0.39, 0.29) is 22.4 Å². The van der Waals surface area contributed by atoms with Gasteiger partial charge in [0.05, 0.1) is 4.90 Å². The average molecular weight is 390 g/mol. The smallest absolute Gasteiger partial charge is 0.261 e. The number of amides is 1. The van der Waals surface area contributed by atoms with Gasteiger partial charge in [-0.25, -0.2) is 8.42 Å². The van der Waals surface area contributed by atoms with E-state index in [1.807, 2.05) is 13.0 Å². The fraction of sp³-hybridized carbons (Fsp3) is 0.350. The first-order valence-electron chi connectivity index (χ1n) is 8.91. The van der Waals surface area contributed by atoms with Crippen LogP contribution in [0.1, 0.15) is 36.2 Å². The quantitative estimate of drug-likeness (QED) is 0.646. The monoisotopic (exact) mass is 389 g/mol. The van der Waals surface area contributed by atoms with Crippen molar-refractivity contribution < 1.29 is 13.2 Å². The molecule has 0 saturated heterocycles. The van der Waals surface area contributed by atoms with Crippen LogP contribution in [0.5, 0.6) is 0 Å². The highest BCUT2D eigenvalue weighted by atomic mass is 32.2. The second kappa shape index (κ2) is 9.01. The number of sulfonamides is 1. The third-order valence-electron chi connectivity index (χ3n) is 4.05. The molecule has 0 aliphatic carbocycles. The van der Waals surface area contributed by atoms with Gasteiger partial charge in [0, 0.05) is 23.8 Å². The third kappa shape index (κ3) is 6.08. The number of nitrogens with one attached hydrogen (secondary N) is 2. The lowest BCUT2D eigenvalue weighted by atomic mass is 10.0. The molecule has 27 heavy (non-hydrogen) atoms. The lowest BCUT2D eigenvalue weighted by molar-refractivity contribution is 0.0933. The SMILES string of the molecule is Cc1cccc(NS(=O)(=O)c2cccc(C(=O)NC(CN)CC(C)C)c2)c1. The topological polar surface area (TPSA) is 101 Å². The molecule has 4 N–H and O–H groups in total. The molecule has 1 amide bonds. The lowest BCUT2D eigenvalue weighted by Gasteiger charge is -2.19. The summed E-state index contributed by atoms with van der Waals surface area (Å²) in [5, 5.41) is 2.87. The number of rotatable bonds is 8. The van der Waals surface area contributed by atoms with Crippen molar-refractivity contribution in [2.24, 2.45) is 11.7 Å². The van der Waals surface area contributed by atoms with Crippen LogP contribution < -0.4 is 15.8 Å². The Hall–Kier alpha value is -2.38. The number of aryl methyl sites for hydroxylation is 1. The van der Waals surface area contributed by atoms with Crippen molar-refractivity contribution in [3.63, 3.8) is 0 Å². The second-order valence-corrected chi connectivity index (χ2v) is 8.72. The molecule has 7 heteroatoms. The van der Waals surface area contributed by atoms with Crippen molar-refractivity contribution in [3.05, 3.63) is 59.7 Å². The molecule has 0 heterocycles. The van der Waals surface area contributed by atoms with Crippen molar-refractivity contribution in [2.45, 2.75) is 38.1 Å². The molecule has 146 valence electrons. The Morgan fingerprint density at radius 3 is 2.44 bits per heavy atom. The zero-order valence-corrected chi connectivity index (χ0v) is 16.7. The highest BCUT2D eigenvalue weighted by molar-refractivity contribution is 7.92. The average Bonchev–Trinajstić information content (AvgIpc) is 2.60. The predicted octanol–water partition coefficient (Wildman–Crippen LogP) is 2.90. The van der Waals surface area contributed by atoms with Gasteiger partial charge in [-0.1, -0.05) is 32.0 Å². The molecule has 0 spiro atoms. The van der Waals surface area contributed by atoms with Gasteiger partial charge in [0.2, 0.25) is 0 Å². The molecular weight excluding hydrogens is 362 g/mol. The van der Waals surface area contributed by atoms with Crippen molar-refractivity contribution in [3.8, 4) is 0 Å².